The Morgan fingerprint density at radius 3 is 1.70 bits per heavy atom. The molecule has 0 unspecified atom stereocenters. The highest BCUT2D eigenvalue weighted by molar-refractivity contribution is 6.21. The Kier molecular flexibility index (Phi) is 7.05. The summed E-state index contributed by atoms with van der Waals surface area (Å²) in [5.41, 5.74) is 1.37. The van der Waals surface area contributed by atoms with Crippen molar-refractivity contribution in [1.82, 2.24) is 10.6 Å². The van der Waals surface area contributed by atoms with Crippen LogP contribution in [0.15, 0.2) is 84.4 Å². The summed E-state index contributed by atoms with van der Waals surface area (Å²) in [4.78, 5) is 25.4. The summed E-state index contributed by atoms with van der Waals surface area (Å²) >= 11 is 0. The molecular formula is C24H20F2N2O2. The van der Waals surface area contributed by atoms with Crippen LogP contribution in [0.4, 0.5) is 8.78 Å². The highest BCUT2D eigenvalue weighted by Gasteiger charge is 2.19. The second kappa shape index (κ2) is 10.1. The van der Waals surface area contributed by atoms with Crippen LogP contribution >= 0.6 is 0 Å². The van der Waals surface area contributed by atoms with Crippen LogP contribution in [0.25, 0.3) is 6.08 Å². The molecule has 3 rings (SSSR count). The zero-order valence-corrected chi connectivity index (χ0v) is 16.1. The first-order valence-corrected chi connectivity index (χ1v) is 9.34. The lowest BCUT2D eigenvalue weighted by molar-refractivity contribution is -0.123. The number of benzene rings is 3. The standard InChI is InChI=1S/C24H20F2N2O2/c25-20-12-11-19(22(26)14-20)13-21(23(29)27-15-17-7-3-1-4-8-17)24(30)28-16-18-9-5-2-6-10-18/h1-14H,15-16H2,(H,27,29)(H,28,30). The van der Waals surface area contributed by atoms with E-state index in [4.69, 9.17) is 0 Å². The van der Waals surface area contributed by atoms with Gasteiger partial charge in [-0.2, -0.15) is 0 Å². The molecule has 0 atom stereocenters. The third-order valence-electron chi connectivity index (χ3n) is 4.34. The minimum absolute atomic E-state index is 0.0591. The topological polar surface area (TPSA) is 58.2 Å². The first-order chi connectivity index (χ1) is 14.5. The molecule has 3 aromatic carbocycles. The lowest BCUT2D eigenvalue weighted by Gasteiger charge is -2.11. The maximum atomic E-state index is 14.1. The van der Waals surface area contributed by atoms with E-state index in [0.717, 1.165) is 23.3 Å². The summed E-state index contributed by atoms with van der Waals surface area (Å²) in [7, 11) is 0. The van der Waals surface area contributed by atoms with Crippen molar-refractivity contribution in [2.45, 2.75) is 13.1 Å². The fraction of sp³-hybridized carbons (Fsp3) is 0.0833. The average molecular weight is 406 g/mol. The van der Waals surface area contributed by atoms with Crippen LogP contribution in [0, 0.1) is 11.6 Å². The third kappa shape index (κ3) is 5.85. The van der Waals surface area contributed by atoms with E-state index in [0.29, 0.717) is 6.07 Å². The Labute approximate surface area is 173 Å². The van der Waals surface area contributed by atoms with Gasteiger partial charge in [0.15, 0.2) is 0 Å². The van der Waals surface area contributed by atoms with Crippen LogP contribution < -0.4 is 10.6 Å². The van der Waals surface area contributed by atoms with Crippen molar-refractivity contribution in [2.24, 2.45) is 0 Å². The molecule has 152 valence electrons. The van der Waals surface area contributed by atoms with Gasteiger partial charge in [-0.25, -0.2) is 8.78 Å². The molecule has 0 aliphatic heterocycles. The van der Waals surface area contributed by atoms with Crippen molar-refractivity contribution in [3.63, 3.8) is 0 Å². The van der Waals surface area contributed by atoms with E-state index in [9.17, 15) is 18.4 Å². The van der Waals surface area contributed by atoms with E-state index in [1.807, 2.05) is 60.7 Å². The van der Waals surface area contributed by atoms with E-state index in [1.54, 1.807) is 0 Å². The number of carbonyl (C=O) groups excluding carboxylic acids is 2. The van der Waals surface area contributed by atoms with Gasteiger partial charge in [-0.3, -0.25) is 9.59 Å². The van der Waals surface area contributed by atoms with Crippen molar-refractivity contribution < 1.29 is 18.4 Å². The molecule has 0 saturated carbocycles. The maximum Gasteiger partial charge on any atom is 0.257 e. The van der Waals surface area contributed by atoms with Gasteiger partial charge in [0, 0.05) is 24.7 Å². The van der Waals surface area contributed by atoms with Crippen molar-refractivity contribution in [1.29, 1.82) is 0 Å². The van der Waals surface area contributed by atoms with Crippen LogP contribution in [0.2, 0.25) is 0 Å². The lowest BCUT2D eigenvalue weighted by atomic mass is 10.1. The van der Waals surface area contributed by atoms with E-state index < -0.39 is 23.4 Å². The molecule has 0 aliphatic carbocycles. The van der Waals surface area contributed by atoms with Gasteiger partial charge in [-0.1, -0.05) is 60.7 Å². The van der Waals surface area contributed by atoms with Crippen molar-refractivity contribution in [3.8, 4) is 0 Å². The van der Waals surface area contributed by atoms with Gasteiger partial charge in [0.25, 0.3) is 11.8 Å². The van der Waals surface area contributed by atoms with E-state index in [1.165, 1.54) is 6.07 Å². The number of amides is 2. The predicted molar refractivity (Wildman–Crippen MR) is 111 cm³/mol. The summed E-state index contributed by atoms with van der Waals surface area (Å²) in [6.45, 7) is 0.407. The molecule has 30 heavy (non-hydrogen) atoms. The zero-order chi connectivity index (χ0) is 21.3. The molecule has 2 N–H and O–H groups in total. The number of hydrogen-bond acceptors (Lipinski definition) is 2. The molecule has 2 amide bonds. The Bertz CT molecular complexity index is 994. The monoisotopic (exact) mass is 406 g/mol. The van der Waals surface area contributed by atoms with E-state index >= 15 is 0 Å². The lowest BCUT2D eigenvalue weighted by Crippen LogP contribution is -2.34. The van der Waals surface area contributed by atoms with Gasteiger partial charge in [0.2, 0.25) is 0 Å². The Morgan fingerprint density at radius 1 is 0.733 bits per heavy atom. The van der Waals surface area contributed by atoms with Crippen LogP contribution in [0.5, 0.6) is 0 Å². The van der Waals surface area contributed by atoms with Crippen molar-refractivity contribution in [3.05, 3.63) is 113 Å². The molecule has 0 radical (unpaired) electrons. The molecule has 0 spiro atoms. The molecule has 6 heteroatoms. The second-order valence-electron chi connectivity index (χ2n) is 6.56. The molecule has 0 saturated heterocycles. The highest BCUT2D eigenvalue weighted by atomic mass is 19.1. The fourth-order valence-electron chi connectivity index (χ4n) is 2.76. The van der Waals surface area contributed by atoms with Crippen molar-refractivity contribution >= 4 is 17.9 Å². The predicted octanol–water partition coefficient (Wildman–Crippen LogP) is 3.98. The van der Waals surface area contributed by atoms with Gasteiger partial charge in [-0.15, -0.1) is 0 Å². The number of nitrogens with one attached hydrogen (secondary N) is 2. The molecular weight excluding hydrogens is 386 g/mol. The van der Waals surface area contributed by atoms with Crippen LogP contribution in [0.3, 0.4) is 0 Å². The summed E-state index contributed by atoms with van der Waals surface area (Å²) in [6, 6.07) is 21.3. The molecule has 0 heterocycles. The molecule has 0 bridgehead atoms. The largest absolute Gasteiger partial charge is 0.348 e. The Balaban J connectivity index is 1.80. The molecule has 0 fully saturated rings. The minimum Gasteiger partial charge on any atom is -0.348 e. The number of halogens is 2. The van der Waals surface area contributed by atoms with E-state index in [2.05, 4.69) is 10.6 Å². The van der Waals surface area contributed by atoms with Crippen LogP contribution in [-0.2, 0) is 22.7 Å². The third-order valence-corrected chi connectivity index (χ3v) is 4.34. The molecule has 0 aromatic heterocycles. The first kappa shape index (κ1) is 20.9. The Hall–Kier alpha value is -3.80. The van der Waals surface area contributed by atoms with Gasteiger partial charge in [-0.05, 0) is 29.3 Å². The Morgan fingerprint density at radius 2 is 1.23 bits per heavy atom. The fourth-order valence-corrected chi connectivity index (χ4v) is 2.76. The van der Waals surface area contributed by atoms with E-state index in [-0.39, 0.29) is 24.2 Å². The van der Waals surface area contributed by atoms with Gasteiger partial charge in [0.05, 0.1) is 0 Å². The molecule has 3 aromatic rings. The first-order valence-electron chi connectivity index (χ1n) is 9.34. The van der Waals surface area contributed by atoms with Crippen LogP contribution in [0.1, 0.15) is 16.7 Å². The SMILES string of the molecule is O=C(NCc1ccccc1)C(=Cc1ccc(F)cc1F)C(=O)NCc1ccccc1. The van der Waals surface area contributed by atoms with Crippen LogP contribution in [-0.4, -0.2) is 11.8 Å². The smallest absolute Gasteiger partial charge is 0.257 e. The minimum atomic E-state index is -0.862. The second-order valence-corrected chi connectivity index (χ2v) is 6.56. The number of carbonyl (C=O) groups is 2. The summed E-state index contributed by atoms with van der Waals surface area (Å²) < 4.78 is 27.3. The zero-order valence-electron chi connectivity index (χ0n) is 16.1. The quantitative estimate of drug-likeness (QED) is 0.354. The highest BCUT2D eigenvalue weighted by Crippen LogP contribution is 2.14. The molecule has 4 nitrogen and oxygen atoms in total. The van der Waals surface area contributed by atoms with Crippen molar-refractivity contribution in [2.75, 3.05) is 0 Å². The summed E-state index contributed by atoms with van der Waals surface area (Å²) in [6.07, 6.45) is 1.12. The number of hydrogen-bond donors (Lipinski definition) is 2. The summed E-state index contributed by atoms with van der Waals surface area (Å²) in [5.74, 6) is -2.92. The van der Waals surface area contributed by atoms with Gasteiger partial charge in [0.1, 0.15) is 17.2 Å². The average Bonchev–Trinajstić information content (AvgIpc) is 2.77. The molecule has 0 aliphatic rings. The summed E-state index contributed by atoms with van der Waals surface area (Å²) in [5, 5.41) is 5.33. The van der Waals surface area contributed by atoms with Gasteiger partial charge < -0.3 is 10.6 Å². The number of rotatable bonds is 7. The maximum absolute atomic E-state index is 14.1. The normalized spacial score (nSPS) is 10.2. The van der Waals surface area contributed by atoms with Gasteiger partial charge >= 0.3 is 0 Å².